The average Bonchev–Trinajstić information content (AvgIpc) is 3.07. The molecule has 1 aliphatic rings. The minimum atomic E-state index is -0.296. The minimum Gasteiger partial charge on any atom is -0.493 e. The molecular formula is C16H16BrNO3. The smallest absolute Gasteiger partial charge is 0.354 e. The van der Waals surface area contributed by atoms with Gasteiger partial charge in [0.2, 0.25) is 0 Å². The number of nitrogens with zero attached hydrogens (tertiary/aromatic N) is 1. The van der Waals surface area contributed by atoms with Crippen LogP contribution >= 0.6 is 15.9 Å². The van der Waals surface area contributed by atoms with Gasteiger partial charge >= 0.3 is 5.97 Å². The van der Waals surface area contributed by atoms with E-state index in [-0.39, 0.29) is 5.97 Å². The van der Waals surface area contributed by atoms with Crippen LogP contribution in [0.25, 0.3) is 0 Å². The number of rotatable bonds is 4. The molecule has 5 heteroatoms. The maximum atomic E-state index is 11.9. The van der Waals surface area contributed by atoms with Gasteiger partial charge in [-0.15, -0.1) is 0 Å². The van der Waals surface area contributed by atoms with Crippen LogP contribution in [0.4, 0.5) is 0 Å². The molecule has 4 nitrogen and oxygen atoms in total. The summed E-state index contributed by atoms with van der Waals surface area (Å²) in [6.45, 7) is 3.48. The predicted octanol–water partition coefficient (Wildman–Crippen LogP) is 3.41. The van der Waals surface area contributed by atoms with Crippen molar-refractivity contribution in [1.29, 1.82) is 0 Å². The molecule has 0 aliphatic carbocycles. The van der Waals surface area contributed by atoms with Crippen molar-refractivity contribution in [3.05, 3.63) is 51.8 Å². The summed E-state index contributed by atoms with van der Waals surface area (Å²) >= 11 is 3.54. The Morgan fingerprint density at radius 1 is 1.48 bits per heavy atom. The zero-order valence-electron chi connectivity index (χ0n) is 11.8. The van der Waals surface area contributed by atoms with Crippen molar-refractivity contribution in [1.82, 2.24) is 4.57 Å². The number of ether oxygens (including phenoxy) is 2. The third-order valence-corrected chi connectivity index (χ3v) is 3.94. The Balaban J connectivity index is 1.92. The maximum absolute atomic E-state index is 11.9. The first-order valence-corrected chi connectivity index (χ1v) is 7.74. The van der Waals surface area contributed by atoms with Gasteiger partial charge in [-0.25, -0.2) is 4.79 Å². The number of benzene rings is 1. The Labute approximate surface area is 131 Å². The van der Waals surface area contributed by atoms with E-state index in [1.54, 1.807) is 13.0 Å². The van der Waals surface area contributed by atoms with Crippen molar-refractivity contribution >= 4 is 21.9 Å². The van der Waals surface area contributed by atoms with Crippen LogP contribution in [0.2, 0.25) is 0 Å². The summed E-state index contributed by atoms with van der Waals surface area (Å²) in [7, 11) is 0. The highest BCUT2D eigenvalue weighted by Crippen LogP contribution is 2.33. The Kier molecular flexibility index (Phi) is 4.01. The zero-order valence-corrected chi connectivity index (χ0v) is 13.4. The number of hydrogen-bond acceptors (Lipinski definition) is 3. The second-order valence-corrected chi connectivity index (χ2v) is 5.81. The van der Waals surface area contributed by atoms with Crippen molar-refractivity contribution in [2.24, 2.45) is 0 Å². The van der Waals surface area contributed by atoms with Gasteiger partial charge in [0.1, 0.15) is 11.4 Å². The van der Waals surface area contributed by atoms with Crippen molar-refractivity contribution < 1.29 is 14.3 Å². The van der Waals surface area contributed by atoms with Crippen molar-refractivity contribution in [2.75, 3.05) is 13.2 Å². The molecule has 0 bridgehead atoms. The number of carbonyl (C=O) groups is 1. The van der Waals surface area contributed by atoms with Crippen LogP contribution in [0.3, 0.4) is 0 Å². The van der Waals surface area contributed by atoms with Gasteiger partial charge in [0.05, 0.1) is 19.8 Å². The third-order valence-electron chi connectivity index (χ3n) is 3.48. The summed E-state index contributed by atoms with van der Waals surface area (Å²) in [5, 5.41) is 0. The molecule has 0 unspecified atom stereocenters. The molecule has 0 N–H and O–H groups in total. The van der Waals surface area contributed by atoms with Crippen LogP contribution in [0.1, 0.15) is 28.5 Å². The second kappa shape index (κ2) is 5.93. The molecule has 0 amide bonds. The molecule has 1 aromatic carbocycles. The minimum absolute atomic E-state index is 0.296. The van der Waals surface area contributed by atoms with Crippen molar-refractivity contribution in [2.45, 2.75) is 19.9 Å². The molecule has 21 heavy (non-hydrogen) atoms. The fourth-order valence-corrected chi connectivity index (χ4v) is 3.14. The zero-order chi connectivity index (χ0) is 14.8. The molecule has 0 saturated heterocycles. The number of halogens is 1. The van der Waals surface area contributed by atoms with E-state index in [1.807, 2.05) is 22.9 Å². The molecule has 0 atom stereocenters. The lowest BCUT2D eigenvalue weighted by molar-refractivity contribution is 0.0514. The molecule has 0 spiro atoms. The number of aromatic nitrogens is 1. The van der Waals surface area contributed by atoms with Crippen LogP contribution in [0.5, 0.6) is 5.75 Å². The van der Waals surface area contributed by atoms with E-state index >= 15 is 0 Å². The molecule has 2 heterocycles. The highest BCUT2D eigenvalue weighted by Gasteiger charge is 2.19. The van der Waals surface area contributed by atoms with E-state index in [2.05, 4.69) is 22.0 Å². The Bertz CT molecular complexity index is 678. The van der Waals surface area contributed by atoms with E-state index in [0.29, 0.717) is 18.8 Å². The lowest BCUT2D eigenvalue weighted by atomic mass is 10.1. The van der Waals surface area contributed by atoms with Crippen LogP contribution < -0.4 is 4.74 Å². The molecule has 0 saturated carbocycles. The lowest BCUT2D eigenvalue weighted by Crippen LogP contribution is -2.12. The standard InChI is InChI=1S/C16H16BrNO3/c1-2-20-16(19)14-4-3-6-18(14)10-12-9-13(17)8-11-5-7-21-15(11)12/h3-4,6,8-9H,2,5,7,10H2,1H3. The van der Waals surface area contributed by atoms with Crippen molar-refractivity contribution in [3.8, 4) is 5.75 Å². The lowest BCUT2D eigenvalue weighted by Gasteiger charge is -2.12. The van der Waals surface area contributed by atoms with Crippen LogP contribution in [0.15, 0.2) is 34.9 Å². The Morgan fingerprint density at radius 2 is 2.33 bits per heavy atom. The first-order chi connectivity index (χ1) is 10.2. The Morgan fingerprint density at radius 3 is 3.14 bits per heavy atom. The van der Waals surface area contributed by atoms with Gasteiger partial charge in [0, 0.05) is 22.7 Å². The van der Waals surface area contributed by atoms with Gasteiger partial charge in [-0.2, -0.15) is 0 Å². The largest absolute Gasteiger partial charge is 0.493 e. The number of hydrogen-bond donors (Lipinski definition) is 0. The number of carbonyl (C=O) groups excluding carboxylic acids is 1. The molecule has 1 aromatic heterocycles. The highest BCUT2D eigenvalue weighted by atomic mass is 79.9. The summed E-state index contributed by atoms with van der Waals surface area (Å²) in [5.41, 5.74) is 2.84. The van der Waals surface area contributed by atoms with Crippen LogP contribution in [-0.2, 0) is 17.7 Å². The molecule has 0 radical (unpaired) electrons. The van der Waals surface area contributed by atoms with Gasteiger partial charge in [-0.1, -0.05) is 15.9 Å². The monoisotopic (exact) mass is 349 g/mol. The maximum Gasteiger partial charge on any atom is 0.354 e. The highest BCUT2D eigenvalue weighted by molar-refractivity contribution is 9.10. The quantitative estimate of drug-likeness (QED) is 0.794. The first kappa shape index (κ1) is 14.2. The fraction of sp³-hybridized carbons (Fsp3) is 0.312. The summed E-state index contributed by atoms with van der Waals surface area (Å²) < 4.78 is 13.7. The third kappa shape index (κ3) is 2.83. The van der Waals surface area contributed by atoms with Gasteiger partial charge in [0.15, 0.2) is 0 Å². The molecule has 1 aliphatic heterocycles. The molecule has 3 rings (SSSR count). The van der Waals surface area contributed by atoms with E-state index in [9.17, 15) is 4.79 Å². The summed E-state index contributed by atoms with van der Waals surface area (Å²) in [5.74, 6) is 0.650. The van der Waals surface area contributed by atoms with E-state index in [0.717, 1.165) is 28.8 Å². The molecule has 110 valence electrons. The van der Waals surface area contributed by atoms with Gasteiger partial charge < -0.3 is 14.0 Å². The van der Waals surface area contributed by atoms with Gasteiger partial charge in [-0.3, -0.25) is 0 Å². The Hall–Kier alpha value is -1.75. The topological polar surface area (TPSA) is 40.5 Å². The number of fused-ring (bicyclic) bond motifs is 1. The molecule has 0 fully saturated rings. The normalized spacial score (nSPS) is 12.9. The average molecular weight is 350 g/mol. The van der Waals surface area contributed by atoms with E-state index in [1.165, 1.54) is 5.56 Å². The number of esters is 1. The van der Waals surface area contributed by atoms with Crippen LogP contribution in [-0.4, -0.2) is 23.8 Å². The van der Waals surface area contributed by atoms with Gasteiger partial charge in [-0.05, 0) is 36.8 Å². The summed E-state index contributed by atoms with van der Waals surface area (Å²) in [4.78, 5) is 11.9. The van der Waals surface area contributed by atoms with E-state index in [4.69, 9.17) is 9.47 Å². The van der Waals surface area contributed by atoms with Crippen LogP contribution in [0, 0.1) is 0 Å². The van der Waals surface area contributed by atoms with Crippen molar-refractivity contribution in [3.63, 3.8) is 0 Å². The predicted molar refractivity (Wildman–Crippen MR) is 82.8 cm³/mol. The SMILES string of the molecule is CCOC(=O)c1cccn1Cc1cc(Br)cc2c1OCC2. The molecule has 2 aromatic rings. The molecular weight excluding hydrogens is 334 g/mol. The fourth-order valence-electron chi connectivity index (χ4n) is 2.59. The van der Waals surface area contributed by atoms with E-state index < -0.39 is 0 Å². The second-order valence-electron chi connectivity index (χ2n) is 4.89. The van der Waals surface area contributed by atoms with Gasteiger partial charge in [0.25, 0.3) is 0 Å². The first-order valence-electron chi connectivity index (χ1n) is 6.95. The summed E-state index contributed by atoms with van der Waals surface area (Å²) in [6.07, 6.45) is 2.81. The summed E-state index contributed by atoms with van der Waals surface area (Å²) in [6, 6.07) is 7.76.